The second-order valence-corrected chi connectivity index (χ2v) is 8.55. The molecule has 7 nitrogen and oxygen atoms in total. The van der Waals surface area contributed by atoms with Crippen molar-refractivity contribution >= 4 is 17.5 Å². The van der Waals surface area contributed by atoms with E-state index in [-0.39, 0.29) is 17.6 Å². The van der Waals surface area contributed by atoms with E-state index in [1.807, 2.05) is 66.7 Å². The highest BCUT2D eigenvalue weighted by molar-refractivity contribution is 5.75. The van der Waals surface area contributed by atoms with Crippen LogP contribution >= 0.6 is 0 Å². The van der Waals surface area contributed by atoms with Crippen molar-refractivity contribution in [3.05, 3.63) is 48.7 Å². The van der Waals surface area contributed by atoms with Gasteiger partial charge in [0.25, 0.3) is 0 Å². The fraction of sp³-hybridized carbons (Fsp3) is 0.409. The zero-order valence-corrected chi connectivity index (χ0v) is 17.2. The van der Waals surface area contributed by atoms with Crippen LogP contribution in [0.3, 0.4) is 0 Å². The van der Waals surface area contributed by atoms with Crippen molar-refractivity contribution in [3.63, 3.8) is 0 Å². The predicted molar refractivity (Wildman–Crippen MR) is 115 cm³/mol. The highest BCUT2D eigenvalue weighted by Gasteiger charge is 2.30. The number of nitrogens with one attached hydrogen (secondary N) is 2. The Bertz CT molecular complexity index is 991. The van der Waals surface area contributed by atoms with Gasteiger partial charge < -0.3 is 15.5 Å². The number of hydrogen-bond donors (Lipinski definition) is 2. The molecule has 2 aromatic heterocycles. The Morgan fingerprint density at radius 3 is 2.72 bits per heavy atom. The highest BCUT2D eigenvalue weighted by atomic mass is 16.2. The number of urea groups is 1. The Balaban J connectivity index is 1.48. The third-order valence-corrected chi connectivity index (χ3v) is 5.07. The molecule has 152 valence electrons. The molecule has 3 aromatic rings. The van der Waals surface area contributed by atoms with Crippen molar-refractivity contribution in [2.24, 2.45) is 0 Å². The van der Waals surface area contributed by atoms with E-state index in [9.17, 15) is 4.79 Å². The van der Waals surface area contributed by atoms with E-state index in [0.29, 0.717) is 6.54 Å². The van der Waals surface area contributed by atoms with Gasteiger partial charge in [-0.2, -0.15) is 0 Å². The van der Waals surface area contributed by atoms with E-state index < -0.39 is 0 Å². The standard InChI is InChI=1S/C22H28N6O/c1-22(2,3)25-21(29)27-13-7-10-17(27)14-23-19-11-12-20-24-15-18(28(20)26-19)16-8-5-4-6-9-16/h4-6,8-9,11-12,15,17H,7,10,13-14H2,1-3H3,(H,23,26)(H,25,29). The maximum Gasteiger partial charge on any atom is 0.318 e. The first kappa shape index (κ1) is 19.2. The van der Waals surface area contributed by atoms with Gasteiger partial charge in [-0.25, -0.2) is 14.3 Å². The molecule has 0 radical (unpaired) electrons. The van der Waals surface area contributed by atoms with Crippen LogP contribution in [0.4, 0.5) is 10.6 Å². The van der Waals surface area contributed by atoms with E-state index in [1.54, 1.807) is 0 Å². The largest absolute Gasteiger partial charge is 0.367 e. The molecule has 2 amide bonds. The summed E-state index contributed by atoms with van der Waals surface area (Å²) in [5.41, 5.74) is 2.60. The first-order valence-corrected chi connectivity index (χ1v) is 10.1. The topological polar surface area (TPSA) is 74.6 Å². The number of nitrogens with zero attached hydrogens (tertiary/aromatic N) is 4. The van der Waals surface area contributed by atoms with Crippen LogP contribution in [0.25, 0.3) is 16.9 Å². The minimum atomic E-state index is -0.237. The summed E-state index contributed by atoms with van der Waals surface area (Å²) in [7, 11) is 0. The van der Waals surface area contributed by atoms with Crippen molar-refractivity contribution in [2.75, 3.05) is 18.4 Å². The van der Waals surface area contributed by atoms with Gasteiger partial charge in [0, 0.05) is 24.2 Å². The molecule has 2 N–H and O–H groups in total. The van der Waals surface area contributed by atoms with Gasteiger partial charge in [0.05, 0.1) is 17.9 Å². The number of likely N-dealkylation sites (tertiary alicyclic amines) is 1. The minimum absolute atomic E-state index is 0.00573. The van der Waals surface area contributed by atoms with E-state index >= 15 is 0 Å². The molecule has 29 heavy (non-hydrogen) atoms. The fourth-order valence-electron chi connectivity index (χ4n) is 3.70. The molecule has 1 saturated heterocycles. The molecule has 1 unspecified atom stereocenters. The number of imidazole rings is 1. The Morgan fingerprint density at radius 1 is 1.17 bits per heavy atom. The van der Waals surface area contributed by atoms with Gasteiger partial charge in [-0.05, 0) is 45.7 Å². The molecule has 1 atom stereocenters. The lowest BCUT2D eigenvalue weighted by Crippen LogP contribution is -2.51. The van der Waals surface area contributed by atoms with Gasteiger partial charge in [-0.1, -0.05) is 30.3 Å². The van der Waals surface area contributed by atoms with Crippen LogP contribution in [0.1, 0.15) is 33.6 Å². The van der Waals surface area contributed by atoms with Crippen LogP contribution in [0.15, 0.2) is 48.7 Å². The van der Waals surface area contributed by atoms with Gasteiger partial charge in [0.1, 0.15) is 5.82 Å². The van der Waals surface area contributed by atoms with E-state index in [0.717, 1.165) is 42.1 Å². The molecular weight excluding hydrogens is 364 g/mol. The average molecular weight is 393 g/mol. The van der Waals surface area contributed by atoms with E-state index in [4.69, 9.17) is 5.10 Å². The van der Waals surface area contributed by atoms with Crippen LogP contribution in [0, 0.1) is 0 Å². The first-order chi connectivity index (χ1) is 13.9. The van der Waals surface area contributed by atoms with Crippen LogP contribution in [0.2, 0.25) is 0 Å². The van der Waals surface area contributed by atoms with E-state index in [2.05, 4.69) is 27.8 Å². The fourth-order valence-corrected chi connectivity index (χ4v) is 3.70. The zero-order valence-electron chi connectivity index (χ0n) is 17.2. The summed E-state index contributed by atoms with van der Waals surface area (Å²) in [5.74, 6) is 0.774. The van der Waals surface area contributed by atoms with Crippen LogP contribution < -0.4 is 10.6 Å². The molecule has 1 aliphatic rings. The Kier molecular flexibility index (Phi) is 5.13. The quantitative estimate of drug-likeness (QED) is 0.709. The number of fused-ring (bicyclic) bond motifs is 1. The number of anilines is 1. The summed E-state index contributed by atoms with van der Waals surface area (Å²) in [6, 6.07) is 14.2. The Labute approximate surface area is 171 Å². The minimum Gasteiger partial charge on any atom is -0.367 e. The summed E-state index contributed by atoms with van der Waals surface area (Å²) in [6.07, 6.45) is 3.86. The van der Waals surface area contributed by atoms with Crippen LogP contribution in [-0.2, 0) is 0 Å². The molecular formula is C22H28N6O. The number of rotatable bonds is 4. The number of benzene rings is 1. The zero-order chi connectivity index (χ0) is 20.4. The molecule has 7 heteroatoms. The number of amides is 2. The Morgan fingerprint density at radius 2 is 1.97 bits per heavy atom. The van der Waals surface area contributed by atoms with Crippen LogP contribution in [0.5, 0.6) is 0 Å². The third kappa shape index (κ3) is 4.34. The van der Waals surface area contributed by atoms with Crippen molar-refractivity contribution in [3.8, 4) is 11.3 Å². The van der Waals surface area contributed by atoms with Crippen molar-refractivity contribution in [2.45, 2.75) is 45.2 Å². The molecule has 4 rings (SSSR count). The first-order valence-electron chi connectivity index (χ1n) is 10.1. The molecule has 0 saturated carbocycles. The highest BCUT2D eigenvalue weighted by Crippen LogP contribution is 2.22. The SMILES string of the molecule is CC(C)(C)NC(=O)N1CCCC1CNc1ccc2ncc(-c3ccccc3)n2n1. The second kappa shape index (κ2) is 7.73. The van der Waals surface area contributed by atoms with Gasteiger partial charge in [-0.3, -0.25) is 0 Å². The lowest BCUT2D eigenvalue weighted by atomic mass is 10.1. The summed E-state index contributed by atoms with van der Waals surface area (Å²) >= 11 is 0. The van der Waals surface area contributed by atoms with Gasteiger partial charge >= 0.3 is 6.03 Å². The second-order valence-electron chi connectivity index (χ2n) is 8.55. The summed E-state index contributed by atoms with van der Waals surface area (Å²) in [4.78, 5) is 19.0. The molecule has 1 aliphatic heterocycles. The van der Waals surface area contributed by atoms with Crippen molar-refractivity contribution in [1.82, 2.24) is 24.8 Å². The number of hydrogen-bond acceptors (Lipinski definition) is 4. The third-order valence-electron chi connectivity index (χ3n) is 5.07. The lowest BCUT2D eigenvalue weighted by Gasteiger charge is -2.29. The van der Waals surface area contributed by atoms with Gasteiger partial charge in [-0.15, -0.1) is 5.10 Å². The summed E-state index contributed by atoms with van der Waals surface area (Å²) < 4.78 is 1.86. The molecule has 0 aliphatic carbocycles. The number of aromatic nitrogens is 3. The number of carbonyl (C=O) groups is 1. The maximum atomic E-state index is 12.6. The lowest BCUT2D eigenvalue weighted by molar-refractivity contribution is 0.185. The maximum absolute atomic E-state index is 12.6. The molecule has 0 bridgehead atoms. The monoisotopic (exact) mass is 392 g/mol. The van der Waals surface area contributed by atoms with Crippen LogP contribution in [-0.4, -0.2) is 50.2 Å². The van der Waals surface area contributed by atoms with Gasteiger partial charge in [0.15, 0.2) is 5.65 Å². The molecule has 1 aromatic carbocycles. The van der Waals surface area contributed by atoms with Crippen molar-refractivity contribution < 1.29 is 4.79 Å². The average Bonchev–Trinajstić information content (AvgIpc) is 3.32. The van der Waals surface area contributed by atoms with Gasteiger partial charge in [0.2, 0.25) is 0 Å². The summed E-state index contributed by atoms with van der Waals surface area (Å²) in [6.45, 7) is 7.47. The van der Waals surface area contributed by atoms with Crippen molar-refractivity contribution in [1.29, 1.82) is 0 Å². The molecule has 1 fully saturated rings. The molecule has 3 heterocycles. The van der Waals surface area contributed by atoms with E-state index in [1.165, 1.54) is 0 Å². The predicted octanol–water partition coefficient (Wildman–Crippen LogP) is 3.78. The Hall–Kier alpha value is -3.09. The summed E-state index contributed by atoms with van der Waals surface area (Å²) in [5, 5.41) is 11.2. The normalized spacial score (nSPS) is 16.9. The molecule has 0 spiro atoms. The smallest absolute Gasteiger partial charge is 0.318 e. The number of carbonyl (C=O) groups excluding carboxylic acids is 1.